The van der Waals surface area contributed by atoms with Gasteiger partial charge in [-0.15, -0.1) is 0 Å². The first-order valence-corrected chi connectivity index (χ1v) is 6.58. The van der Waals surface area contributed by atoms with Crippen molar-refractivity contribution in [2.45, 2.75) is 40.2 Å². The molecule has 0 N–H and O–H groups in total. The van der Waals surface area contributed by atoms with E-state index in [4.69, 9.17) is 10.00 Å². The number of hydrogen-bond donors (Lipinski definition) is 0. The van der Waals surface area contributed by atoms with E-state index in [1.165, 1.54) is 5.57 Å². The average molecular weight is 255 g/mol. The number of allylic oxidation sites excluding steroid dienone is 2. The van der Waals surface area contributed by atoms with Gasteiger partial charge in [-0.3, -0.25) is 0 Å². The quantitative estimate of drug-likeness (QED) is 0.557. The molecule has 19 heavy (non-hydrogen) atoms. The minimum absolute atomic E-state index is 0.317. The van der Waals surface area contributed by atoms with Gasteiger partial charge in [-0.2, -0.15) is 5.26 Å². The highest BCUT2D eigenvalue weighted by Crippen LogP contribution is 2.31. The Morgan fingerprint density at radius 3 is 2.63 bits per heavy atom. The molecule has 1 rings (SSSR count). The van der Waals surface area contributed by atoms with Crippen molar-refractivity contribution in [3.05, 3.63) is 58.7 Å². The van der Waals surface area contributed by atoms with Crippen LogP contribution in [0.5, 0.6) is 0 Å². The molecule has 2 heteroatoms. The zero-order chi connectivity index (χ0) is 14.3. The Morgan fingerprint density at radius 1 is 1.42 bits per heavy atom. The van der Waals surface area contributed by atoms with Gasteiger partial charge in [0.25, 0.3) is 6.26 Å². The van der Waals surface area contributed by atoms with E-state index in [0.717, 1.165) is 23.1 Å². The molecule has 0 spiro atoms. The van der Waals surface area contributed by atoms with Crippen LogP contribution in [-0.4, -0.2) is 0 Å². The van der Waals surface area contributed by atoms with E-state index < -0.39 is 0 Å². The second kappa shape index (κ2) is 7.43. The minimum atomic E-state index is -0.317. The van der Waals surface area contributed by atoms with E-state index in [1.807, 2.05) is 56.5 Å². The highest BCUT2D eigenvalue weighted by atomic mass is 16.5. The molecule has 0 fully saturated rings. The lowest BCUT2D eigenvalue weighted by Gasteiger charge is -2.20. The molecule has 1 aromatic rings. The van der Waals surface area contributed by atoms with Gasteiger partial charge in [0.05, 0.1) is 0 Å². The van der Waals surface area contributed by atoms with Gasteiger partial charge in [-0.25, -0.2) is 0 Å². The third-order valence-corrected chi connectivity index (χ3v) is 3.29. The van der Waals surface area contributed by atoms with Gasteiger partial charge in [0.1, 0.15) is 0 Å². The van der Waals surface area contributed by atoms with E-state index in [1.54, 1.807) is 0 Å². The van der Waals surface area contributed by atoms with Crippen molar-refractivity contribution < 1.29 is 4.74 Å². The lowest BCUT2D eigenvalue weighted by Crippen LogP contribution is -2.07. The minimum Gasteiger partial charge on any atom is -0.414 e. The molecule has 0 amide bonds. The van der Waals surface area contributed by atoms with E-state index in [9.17, 15) is 0 Å². The third kappa shape index (κ3) is 3.72. The van der Waals surface area contributed by atoms with Crippen LogP contribution in [-0.2, 0) is 4.74 Å². The fraction of sp³-hybridized carbons (Fsp3) is 0.353. The first-order chi connectivity index (χ1) is 9.15. The Labute approximate surface area is 116 Å². The Morgan fingerprint density at radius 2 is 2.11 bits per heavy atom. The predicted molar refractivity (Wildman–Crippen MR) is 78.4 cm³/mol. The van der Waals surface area contributed by atoms with Gasteiger partial charge < -0.3 is 4.74 Å². The summed E-state index contributed by atoms with van der Waals surface area (Å²) in [6.45, 7) is 8.21. The first kappa shape index (κ1) is 15.0. The Hall–Kier alpha value is -2.01. The molecular formula is C17H21NO. The molecule has 0 saturated carbocycles. The van der Waals surface area contributed by atoms with Gasteiger partial charge in [0.15, 0.2) is 6.10 Å². The Kier molecular flexibility index (Phi) is 5.89. The smallest absolute Gasteiger partial charge is 0.287 e. The standard InChI is InChI=1S/C17H21NO/c1-5-9-15(13(3)6-2)17(19-12-18)16-11-8-7-10-14(16)4/h5,7-11,17H,6H2,1-4H3/b9-5-,15-13+. The maximum Gasteiger partial charge on any atom is 0.287 e. The van der Waals surface area contributed by atoms with Crippen molar-refractivity contribution in [1.82, 2.24) is 0 Å². The zero-order valence-electron chi connectivity index (χ0n) is 12.1. The highest BCUT2D eigenvalue weighted by Gasteiger charge is 2.19. The highest BCUT2D eigenvalue weighted by molar-refractivity contribution is 5.39. The Balaban J connectivity index is 3.35. The van der Waals surface area contributed by atoms with Crippen LogP contribution in [0.4, 0.5) is 0 Å². The normalized spacial score (nSPS) is 13.8. The summed E-state index contributed by atoms with van der Waals surface area (Å²) >= 11 is 0. The summed E-state index contributed by atoms with van der Waals surface area (Å²) in [7, 11) is 0. The van der Waals surface area contributed by atoms with Gasteiger partial charge in [0.2, 0.25) is 0 Å². The number of benzene rings is 1. The van der Waals surface area contributed by atoms with E-state index in [0.29, 0.717) is 0 Å². The van der Waals surface area contributed by atoms with Gasteiger partial charge in [0, 0.05) is 5.56 Å². The van der Waals surface area contributed by atoms with Crippen LogP contribution in [0.3, 0.4) is 0 Å². The van der Waals surface area contributed by atoms with E-state index >= 15 is 0 Å². The maximum absolute atomic E-state index is 8.94. The molecule has 1 atom stereocenters. The SMILES string of the molecule is C/C=C\C(=C(\C)CC)C(OC#N)c1ccccc1C. The van der Waals surface area contributed by atoms with Crippen molar-refractivity contribution in [1.29, 1.82) is 5.26 Å². The van der Waals surface area contributed by atoms with Crippen LogP contribution >= 0.6 is 0 Å². The summed E-state index contributed by atoms with van der Waals surface area (Å²) in [6, 6.07) is 8.03. The third-order valence-electron chi connectivity index (χ3n) is 3.29. The van der Waals surface area contributed by atoms with Crippen LogP contribution < -0.4 is 0 Å². The van der Waals surface area contributed by atoms with E-state index in [-0.39, 0.29) is 6.10 Å². The lowest BCUT2D eigenvalue weighted by atomic mass is 9.93. The topological polar surface area (TPSA) is 33.0 Å². The molecular weight excluding hydrogens is 234 g/mol. The predicted octanol–water partition coefficient (Wildman–Crippen LogP) is 4.84. The van der Waals surface area contributed by atoms with Crippen LogP contribution in [0.25, 0.3) is 0 Å². The Bertz CT molecular complexity index is 520. The largest absolute Gasteiger partial charge is 0.414 e. The molecule has 1 unspecified atom stereocenters. The summed E-state index contributed by atoms with van der Waals surface area (Å²) in [5, 5.41) is 8.94. The average Bonchev–Trinajstić information content (AvgIpc) is 2.43. The van der Waals surface area contributed by atoms with Crippen molar-refractivity contribution in [3.8, 4) is 6.26 Å². The number of rotatable bonds is 5. The number of hydrogen-bond acceptors (Lipinski definition) is 2. The molecule has 100 valence electrons. The molecule has 1 aromatic carbocycles. The molecule has 0 aliphatic carbocycles. The summed E-state index contributed by atoms with van der Waals surface area (Å²) in [5.41, 5.74) is 4.49. The number of ether oxygens (including phenoxy) is 1. The second-order valence-corrected chi connectivity index (χ2v) is 4.53. The van der Waals surface area contributed by atoms with Crippen molar-refractivity contribution in [2.75, 3.05) is 0 Å². The van der Waals surface area contributed by atoms with Crippen LogP contribution in [0.15, 0.2) is 47.6 Å². The van der Waals surface area contributed by atoms with Gasteiger partial charge in [-0.1, -0.05) is 48.9 Å². The van der Waals surface area contributed by atoms with E-state index in [2.05, 4.69) is 13.8 Å². The number of nitriles is 1. The number of nitrogens with zero attached hydrogens (tertiary/aromatic N) is 1. The van der Waals surface area contributed by atoms with Crippen LogP contribution in [0.2, 0.25) is 0 Å². The van der Waals surface area contributed by atoms with Crippen molar-refractivity contribution >= 4 is 0 Å². The molecule has 0 aromatic heterocycles. The van der Waals surface area contributed by atoms with Gasteiger partial charge >= 0.3 is 0 Å². The zero-order valence-corrected chi connectivity index (χ0v) is 12.1. The molecule has 0 heterocycles. The lowest BCUT2D eigenvalue weighted by molar-refractivity contribution is 0.199. The summed E-state index contributed by atoms with van der Waals surface area (Å²) in [4.78, 5) is 0. The fourth-order valence-electron chi connectivity index (χ4n) is 2.07. The summed E-state index contributed by atoms with van der Waals surface area (Å²) in [5.74, 6) is 0. The monoisotopic (exact) mass is 255 g/mol. The maximum atomic E-state index is 8.94. The van der Waals surface area contributed by atoms with Crippen LogP contribution in [0, 0.1) is 18.4 Å². The molecule has 0 aliphatic rings. The van der Waals surface area contributed by atoms with Crippen molar-refractivity contribution in [3.63, 3.8) is 0 Å². The molecule has 2 nitrogen and oxygen atoms in total. The molecule has 0 aliphatic heterocycles. The summed E-state index contributed by atoms with van der Waals surface area (Å²) < 4.78 is 5.34. The van der Waals surface area contributed by atoms with Crippen molar-refractivity contribution in [2.24, 2.45) is 0 Å². The number of aryl methyl sites for hydroxylation is 1. The van der Waals surface area contributed by atoms with Gasteiger partial charge in [-0.05, 0) is 38.3 Å². The second-order valence-electron chi connectivity index (χ2n) is 4.53. The first-order valence-electron chi connectivity index (χ1n) is 6.58. The summed E-state index contributed by atoms with van der Waals surface area (Å²) in [6.07, 6.45) is 6.49. The molecule has 0 saturated heterocycles. The molecule has 0 bridgehead atoms. The fourth-order valence-corrected chi connectivity index (χ4v) is 2.07. The van der Waals surface area contributed by atoms with Crippen LogP contribution in [0.1, 0.15) is 44.4 Å². The molecule has 0 radical (unpaired) electrons.